The van der Waals surface area contributed by atoms with Crippen LogP contribution in [0.2, 0.25) is 0 Å². The first-order valence-electron chi connectivity index (χ1n) is 6.17. The summed E-state index contributed by atoms with van der Waals surface area (Å²) in [5.41, 5.74) is 2.85. The summed E-state index contributed by atoms with van der Waals surface area (Å²) in [4.78, 5) is 14.3. The fourth-order valence-corrected chi connectivity index (χ4v) is 1.74. The van der Waals surface area contributed by atoms with Crippen LogP contribution in [0.25, 0.3) is 5.69 Å². The molecule has 0 aliphatic rings. The number of isocyanates is 1. The third kappa shape index (κ3) is 2.80. The Balaban J connectivity index is 2.58. The van der Waals surface area contributed by atoms with Crippen LogP contribution < -0.4 is 0 Å². The molecule has 0 saturated heterocycles. The molecule has 2 rings (SSSR count). The highest BCUT2D eigenvalue weighted by atomic mass is 16.3. The highest BCUT2D eigenvalue weighted by molar-refractivity contribution is 5.50. The van der Waals surface area contributed by atoms with Gasteiger partial charge in [0.15, 0.2) is 5.82 Å². The largest absolute Gasteiger partial charge is 0.242 e. The molecule has 0 unspecified atom stereocenters. The smallest absolute Gasteiger partial charge is 0.214 e. The van der Waals surface area contributed by atoms with Gasteiger partial charge < -0.3 is 0 Å². The molecule has 0 spiro atoms. The van der Waals surface area contributed by atoms with Gasteiger partial charge in [-0.25, -0.2) is 9.48 Å². The second-order valence-corrected chi connectivity index (χ2v) is 5.59. The summed E-state index contributed by atoms with van der Waals surface area (Å²) in [5, 5.41) is 4.54. The molecule has 1 heterocycles. The molecule has 19 heavy (non-hydrogen) atoms. The second kappa shape index (κ2) is 4.82. The molecule has 1 aromatic heterocycles. The number of aryl methyl sites for hydroxylation is 1. The Morgan fingerprint density at radius 3 is 2.37 bits per heavy atom. The number of carbonyl (C=O) groups excluding carboxylic acids is 1. The van der Waals surface area contributed by atoms with Gasteiger partial charge in [0.05, 0.1) is 11.4 Å². The maximum absolute atomic E-state index is 10.5. The highest BCUT2D eigenvalue weighted by Gasteiger charge is 2.20. The Hall–Kier alpha value is -2.19. The van der Waals surface area contributed by atoms with E-state index in [2.05, 4.69) is 30.9 Å². The minimum Gasteiger partial charge on any atom is -0.214 e. The van der Waals surface area contributed by atoms with Crippen molar-refractivity contribution in [2.75, 3.05) is 0 Å². The van der Waals surface area contributed by atoms with E-state index in [1.807, 2.05) is 37.3 Å². The first-order chi connectivity index (χ1) is 8.91. The molecule has 0 N–H and O–H groups in total. The van der Waals surface area contributed by atoms with E-state index < -0.39 is 0 Å². The Morgan fingerprint density at radius 2 is 1.84 bits per heavy atom. The average Bonchev–Trinajstić information content (AvgIpc) is 2.74. The van der Waals surface area contributed by atoms with Gasteiger partial charge in [-0.05, 0) is 19.1 Å². The molecule has 98 valence electrons. The van der Waals surface area contributed by atoms with Crippen molar-refractivity contribution in [1.29, 1.82) is 0 Å². The minimum absolute atomic E-state index is 0.0941. The molecule has 0 atom stereocenters. The average molecular weight is 257 g/mol. The summed E-state index contributed by atoms with van der Waals surface area (Å²) >= 11 is 0. The van der Waals surface area contributed by atoms with Gasteiger partial charge >= 0.3 is 0 Å². The molecular weight excluding hydrogens is 240 g/mol. The number of hydrogen-bond donors (Lipinski definition) is 0. The highest BCUT2D eigenvalue weighted by Crippen LogP contribution is 2.27. The van der Waals surface area contributed by atoms with Crippen molar-refractivity contribution in [1.82, 2.24) is 9.78 Å². The van der Waals surface area contributed by atoms with E-state index in [9.17, 15) is 4.79 Å². The van der Waals surface area contributed by atoms with E-state index in [4.69, 9.17) is 0 Å². The lowest BCUT2D eigenvalue weighted by Crippen LogP contribution is -2.12. The first-order valence-corrected chi connectivity index (χ1v) is 6.17. The molecular formula is C15H17N3O. The standard InChI is InChI=1S/C15H17N3O/c1-11-5-7-12(8-6-11)18-14(16-10-19)9-13(17-18)15(2,3)4/h5-9H,1-4H3/i10+2. The first kappa shape index (κ1) is 13.2. The van der Waals surface area contributed by atoms with E-state index in [0.29, 0.717) is 5.82 Å². The predicted molar refractivity (Wildman–Crippen MR) is 74.8 cm³/mol. The van der Waals surface area contributed by atoms with Crippen molar-refractivity contribution in [3.63, 3.8) is 0 Å². The maximum atomic E-state index is 10.5. The lowest BCUT2D eigenvalue weighted by Gasteiger charge is -2.14. The molecule has 4 nitrogen and oxygen atoms in total. The summed E-state index contributed by atoms with van der Waals surface area (Å²) in [5.74, 6) is 0.503. The van der Waals surface area contributed by atoms with Crippen LogP contribution in [0.15, 0.2) is 35.3 Å². The van der Waals surface area contributed by atoms with Crippen molar-refractivity contribution < 1.29 is 4.79 Å². The van der Waals surface area contributed by atoms with E-state index >= 15 is 0 Å². The fourth-order valence-electron chi connectivity index (χ4n) is 1.74. The lowest BCUT2D eigenvalue weighted by atomic mass is 9.92. The molecule has 0 aliphatic heterocycles. The van der Waals surface area contributed by atoms with Crippen LogP contribution in [-0.2, 0) is 10.2 Å². The summed E-state index contributed by atoms with van der Waals surface area (Å²) in [6.07, 6.45) is 1.58. The zero-order valence-electron chi connectivity index (χ0n) is 11.6. The minimum atomic E-state index is -0.0941. The number of hydrogen-bond acceptors (Lipinski definition) is 3. The molecule has 4 heteroatoms. The molecule has 0 aliphatic carbocycles. The van der Waals surface area contributed by atoms with Gasteiger partial charge in [-0.3, -0.25) is 0 Å². The Kier molecular flexibility index (Phi) is 3.36. The summed E-state index contributed by atoms with van der Waals surface area (Å²) in [7, 11) is 0. The van der Waals surface area contributed by atoms with Gasteiger partial charge in [0.25, 0.3) is 0 Å². The Bertz CT molecular complexity index is 626. The van der Waals surface area contributed by atoms with Crippen LogP contribution in [-0.4, -0.2) is 15.9 Å². The van der Waals surface area contributed by atoms with Gasteiger partial charge in [0, 0.05) is 11.5 Å². The van der Waals surface area contributed by atoms with E-state index in [0.717, 1.165) is 11.4 Å². The van der Waals surface area contributed by atoms with E-state index in [-0.39, 0.29) is 5.41 Å². The number of benzene rings is 1. The van der Waals surface area contributed by atoms with Crippen LogP contribution >= 0.6 is 0 Å². The van der Waals surface area contributed by atoms with Crippen LogP contribution in [0.1, 0.15) is 32.0 Å². The van der Waals surface area contributed by atoms with Crippen LogP contribution in [0, 0.1) is 6.92 Å². The van der Waals surface area contributed by atoms with Crippen molar-refractivity contribution in [2.24, 2.45) is 4.99 Å². The molecule has 1 aromatic carbocycles. The van der Waals surface area contributed by atoms with Gasteiger partial charge in [-0.1, -0.05) is 38.5 Å². The zero-order chi connectivity index (χ0) is 14.0. The van der Waals surface area contributed by atoms with Crippen LogP contribution in [0.5, 0.6) is 0 Å². The Labute approximate surface area is 112 Å². The van der Waals surface area contributed by atoms with Crippen LogP contribution in [0.3, 0.4) is 0 Å². The van der Waals surface area contributed by atoms with Crippen molar-refractivity contribution in [2.45, 2.75) is 33.1 Å². The third-order valence-electron chi connectivity index (χ3n) is 2.90. The van der Waals surface area contributed by atoms with Crippen molar-refractivity contribution in [3.05, 3.63) is 41.6 Å². The fraction of sp³-hybridized carbons (Fsp3) is 0.333. The van der Waals surface area contributed by atoms with E-state index in [1.54, 1.807) is 10.8 Å². The SMILES string of the molecule is Cc1ccc(-n2nc(C(C)(C)C)cc2N=[14C]=O)cc1. The topological polar surface area (TPSA) is 47.2 Å². The second-order valence-electron chi connectivity index (χ2n) is 5.59. The quantitative estimate of drug-likeness (QED) is 0.611. The van der Waals surface area contributed by atoms with Crippen molar-refractivity contribution >= 4 is 11.9 Å². The molecule has 0 saturated carbocycles. The monoisotopic (exact) mass is 257 g/mol. The number of nitrogens with zero attached hydrogens (tertiary/aromatic N) is 3. The predicted octanol–water partition coefficient (Wildman–Crippen LogP) is 3.45. The maximum Gasteiger partial charge on any atom is 0.242 e. The van der Waals surface area contributed by atoms with E-state index in [1.165, 1.54) is 5.56 Å². The Morgan fingerprint density at radius 1 is 1.21 bits per heavy atom. The van der Waals surface area contributed by atoms with Crippen molar-refractivity contribution in [3.8, 4) is 5.69 Å². The molecule has 0 bridgehead atoms. The third-order valence-corrected chi connectivity index (χ3v) is 2.90. The molecule has 0 fully saturated rings. The summed E-state index contributed by atoms with van der Waals surface area (Å²) in [6, 6.07) is 9.74. The van der Waals surface area contributed by atoms with Gasteiger partial charge in [0.1, 0.15) is 0 Å². The van der Waals surface area contributed by atoms with Gasteiger partial charge in [-0.15, -0.1) is 4.99 Å². The van der Waals surface area contributed by atoms with Gasteiger partial charge in [-0.2, -0.15) is 5.10 Å². The number of aromatic nitrogens is 2. The summed E-state index contributed by atoms with van der Waals surface area (Å²) < 4.78 is 1.67. The number of aliphatic imine (C=N–C) groups is 1. The normalized spacial score (nSPS) is 11.2. The van der Waals surface area contributed by atoms with Gasteiger partial charge in [0.2, 0.25) is 6.08 Å². The lowest BCUT2D eigenvalue weighted by molar-refractivity contribution is 0.560. The molecule has 0 amide bonds. The molecule has 2 aromatic rings. The van der Waals surface area contributed by atoms with Crippen LogP contribution in [0.4, 0.5) is 5.82 Å². The summed E-state index contributed by atoms with van der Waals surface area (Å²) in [6.45, 7) is 8.24. The molecule has 0 radical (unpaired) electrons. The number of rotatable bonds is 2. The zero-order valence-corrected chi connectivity index (χ0v) is 11.6.